The molecule has 1 rings (SSSR count). The fourth-order valence-electron chi connectivity index (χ4n) is 2.15. The summed E-state index contributed by atoms with van der Waals surface area (Å²) in [5.74, 6) is 0.0732. The molecule has 0 radical (unpaired) electrons. The lowest BCUT2D eigenvalue weighted by Crippen LogP contribution is -2.23. The zero-order chi connectivity index (χ0) is 13.1. The summed E-state index contributed by atoms with van der Waals surface area (Å²) < 4.78 is 45.4. The zero-order valence-corrected chi connectivity index (χ0v) is 11.6. The van der Waals surface area contributed by atoms with Crippen molar-refractivity contribution in [1.29, 1.82) is 0 Å². The standard InChI is InChI=1S/C10H20O5S2/c1-2-16(12,13)5-3-9(7-11)10-4-6-17(14,15)8-10/h9-11H,2-8H2,1H3. The van der Waals surface area contributed by atoms with Gasteiger partial charge in [0.15, 0.2) is 9.84 Å². The first-order valence-corrected chi connectivity index (χ1v) is 9.45. The first-order valence-electron chi connectivity index (χ1n) is 5.81. The quantitative estimate of drug-likeness (QED) is 0.733. The van der Waals surface area contributed by atoms with Gasteiger partial charge in [-0.25, -0.2) is 16.8 Å². The molecule has 5 nitrogen and oxygen atoms in total. The van der Waals surface area contributed by atoms with Crippen molar-refractivity contribution in [3.8, 4) is 0 Å². The summed E-state index contributed by atoms with van der Waals surface area (Å²) in [6.07, 6.45) is 0.895. The van der Waals surface area contributed by atoms with Crippen molar-refractivity contribution in [3.63, 3.8) is 0 Å². The average Bonchev–Trinajstić information content (AvgIpc) is 2.60. The van der Waals surface area contributed by atoms with Crippen LogP contribution in [0.15, 0.2) is 0 Å². The van der Waals surface area contributed by atoms with Crippen molar-refractivity contribution in [2.24, 2.45) is 11.8 Å². The highest BCUT2D eigenvalue weighted by Gasteiger charge is 2.33. The van der Waals surface area contributed by atoms with Crippen molar-refractivity contribution in [1.82, 2.24) is 0 Å². The van der Waals surface area contributed by atoms with Gasteiger partial charge in [-0.1, -0.05) is 6.92 Å². The van der Waals surface area contributed by atoms with E-state index in [1.54, 1.807) is 6.92 Å². The van der Waals surface area contributed by atoms with E-state index in [0.29, 0.717) is 12.8 Å². The van der Waals surface area contributed by atoms with E-state index in [4.69, 9.17) is 0 Å². The Morgan fingerprint density at radius 3 is 2.47 bits per heavy atom. The first-order chi connectivity index (χ1) is 7.79. The summed E-state index contributed by atoms with van der Waals surface area (Å²) in [5, 5.41) is 9.24. The Bertz CT molecular complexity index is 437. The molecule has 1 N–H and O–H groups in total. The number of hydrogen-bond acceptors (Lipinski definition) is 5. The number of rotatable bonds is 6. The van der Waals surface area contributed by atoms with Crippen LogP contribution in [-0.4, -0.2) is 51.6 Å². The molecule has 1 saturated heterocycles. The van der Waals surface area contributed by atoms with Crippen molar-refractivity contribution < 1.29 is 21.9 Å². The van der Waals surface area contributed by atoms with Crippen molar-refractivity contribution in [2.45, 2.75) is 19.8 Å². The second-order valence-electron chi connectivity index (χ2n) is 4.63. The van der Waals surface area contributed by atoms with Gasteiger partial charge in [0.25, 0.3) is 0 Å². The summed E-state index contributed by atoms with van der Waals surface area (Å²) in [4.78, 5) is 0. The van der Waals surface area contributed by atoms with E-state index in [9.17, 15) is 21.9 Å². The van der Waals surface area contributed by atoms with E-state index < -0.39 is 19.7 Å². The Morgan fingerprint density at radius 1 is 1.41 bits per heavy atom. The first kappa shape index (κ1) is 14.9. The molecule has 102 valence electrons. The van der Waals surface area contributed by atoms with Gasteiger partial charge in [-0.2, -0.15) is 0 Å². The summed E-state index contributed by atoms with van der Waals surface area (Å²) >= 11 is 0. The molecule has 0 amide bonds. The van der Waals surface area contributed by atoms with E-state index in [1.807, 2.05) is 0 Å². The summed E-state index contributed by atoms with van der Waals surface area (Å²) in [5.41, 5.74) is 0. The number of sulfone groups is 2. The maximum absolute atomic E-state index is 11.4. The van der Waals surface area contributed by atoms with Gasteiger partial charge in [-0.05, 0) is 24.7 Å². The lowest BCUT2D eigenvalue weighted by atomic mass is 9.90. The maximum atomic E-state index is 11.4. The third-order valence-corrected chi connectivity index (χ3v) is 6.94. The fraction of sp³-hybridized carbons (Fsp3) is 1.00. The third kappa shape index (κ3) is 4.56. The Balaban J connectivity index is 2.56. The Morgan fingerprint density at radius 2 is 2.06 bits per heavy atom. The smallest absolute Gasteiger partial charge is 0.150 e. The van der Waals surface area contributed by atoms with Gasteiger partial charge < -0.3 is 5.11 Å². The molecule has 1 heterocycles. The minimum atomic E-state index is -3.04. The third-order valence-electron chi connectivity index (χ3n) is 3.41. The van der Waals surface area contributed by atoms with Crippen LogP contribution >= 0.6 is 0 Å². The van der Waals surface area contributed by atoms with Crippen LogP contribution in [0.25, 0.3) is 0 Å². The SMILES string of the molecule is CCS(=O)(=O)CCC(CO)C1CCS(=O)(=O)C1. The van der Waals surface area contributed by atoms with E-state index in [1.165, 1.54) is 0 Å². The van der Waals surface area contributed by atoms with Gasteiger partial charge in [0.2, 0.25) is 0 Å². The Kier molecular flexibility index (Phi) is 4.97. The molecule has 0 saturated carbocycles. The van der Waals surface area contributed by atoms with Crippen molar-refractivity contribution in [2.75, 3.05) is 29.6 Å². The molecule has 1 aliphatic rings. The molecular weight excluding hydrogens is 264 g/mol. The van der Waals surface area contributed by atoms with Gasteiger partial charge in [-0.15, -0.1) is 0 Å². The van der Waals surface area contributed by atoms with Crippen LogP contribution < -0.4 is 0 Å². The molecule has 0 aromatic carbocycles. The van der Waals surface area contributed by atoms with Crippen LogP contribution in [0.3, 0.4) is 0 Å². The number of hydrogen-bond donors (Lipinski definition) is 1. The van der Waals surface area contributed by atoms with E-state index in [2.05, 4.69) is 0 Å². The molecule has 0 aliphatic carbocycles. The molecule has 2 atom stereocenters. The van der Waals surface area contributed by atoms with Gasteiger partial charge in [-0.3, -0.25) is 0 Å². The highest BCUT2D eigenvalue weighted by atomic mass is 32.2. The summed E-state index contributed by atoms with van der Waals surface area (Å²) in [6.45, 7) is 1.45. The molecule has 17 heavy (non-hydrogen) atoms. The lowest BCUT2D eigenvalue weighted by Gasteiger charge is -2.19. The molecule has 1 fully saturated rings. The van der Waals surface area contributed by atoms with Crippen LogP contribution in [0.5, 0.6) is 0 Å². The van der Waals surface area contributed by atoms with E-state index >= 15 is 0 Å². The molecule has 1 aliphatic heterocycles. The number of aliphatic hydroxyl groups is 1. The second-order valence-corrected chi connectivity index (χ2v) is 9.33. The highest BCUT2D eigenvalue weighted by Crippen LogP contribution is 2.28. The molecule has 0 aromatic heterocycles. The molecular formula is C10H20O5S2. The van der Waals surface area contributed by atoms with E-state index in [0.717, 1.165) is 0 Å². The molecule has 0 bridgehead atoms. The lowest BCUT2D eigenvalue weighted by molar-refractivity contribution is 0.181. The topological polar surface area (TPSA) is 88.5 Å². The predicted octanol–water partition coefficient (Wildman–Crippen LogP) is -0.146. The van der Waals surface area contributed by atoms with E-state index in [-0.39, 0.29) is 41.5 Å². The van der Waals surface area contributed by atoms with Gasteiger partial charge >= 0.3 is 0 Å². The monoisotopic (exact) mass is 284 g/mol. The van der Waals surface area contributed by atoms with Gasteiger partial charge in [0.1, 0.15) is 9.84 Å². The Hall–Kier alpha value is -0.140. The van der Waals surface area contributed by atoms with Crippen molar-refractivity contribution in [3.05, 3.63) is 0 Å². The molecule has 0 aromatic rings. The van der Waals surface area contributed by atoms with Crippen LogP contribution in [0, 0.1) is 11.8 Å². The molecule has 7 heteroatoms. The second kappa shape index (κ2) is 5.67. The van der Waals surface area contributed by atoms with Crippen LogP contribution in [0.4, 0.5) is 0 Å². The van der Waals surface area contributed by atoms with Crippen molar-refractivity contribution >= 4 is 19.7 Å². The predicted molar refractivity (Wildman–Crippen MR) is 66.3 cm³/mol. The average molecular weight is 284 g/mol. The van der Waals surface area contributed by atoms with Crippen LogP contribution in [0.1, 0.15) is 19.8 Å². The maximum Gasteiger partial charge on any atom is 0.150 e. The molecule has 2 unspecified atom stereocenters. The minimum Gasteiger partial charge on any atom is -0.396 e. The fourth-order valence-corrected chi connectivity index (χ4v) is 5.02. The normalized spacial score (nSPS) is 25.9. The minimum absolute atomic E-state index is 0.0330. The Labute approximate surface area is 103 Å². The largest absolute Gasteiger partial charge is 0.396 e. The van der Waals surface area contributed by atoms with Gasteiger partial charge in [0, 0.05) is 12.4 Å². The number of aliphatic hydroxyl groups excluding tert-OH is 1. The van der Waals surface area contributed by atoms with Crippen LogP contribution in [-0.2, 0) is 19.7 Å². The van der Waals surface area contributed by atoms with Gasteiger partial charge in [0.05, 0.1) is 17.3 Å². The summed E-state index contributed by atoms with van der Waals surface area (Å²) in [6, 6.07) is 0. The van der Waals surface area contributed by atoms with Crippen LogP contribution in [0.2, 0.25) is 0 Å². The zero-order valence-electron chi connectivity index (χ0n) is 10.0. The summed E-state index contributed by atoms with van der Waals surface area (Å²) in [7, 11) is -6.01. The highest BCUT2D eigenvalue weighted by molar-refractivity contribution is 7.91. The molecule has 0 spiro atoms.